The van der Waals surface area contributed by atoms with Gasteiger partial charge in [0.1, 0.15) is 12.3 Å². The molecule has 0 fully saturated rings. The first kappa shape index (κ1) is 47.6. The summed E-state index contributed by atoms with van der Waals surface area (Å²) in [6.07, 6.45) is 4.78. The predicted octanol–water partition coefficient (Wildman–Crippen LogP) is 6.31. The fraction of sp³-hybridized carbons (Fsp3) is 0.0179. The summed E-state index contributed by atoms with van der Waals surface area (Å²) in [5.74, 6) is 0. The van der Waals surface area contributed by atoms with Crippen LogP contribution < -0.4 is 43.7 Å². The van der Waals surface area contributed by atoms with Gasteiger partial charge in [0.05, 0.1) is 0 Å². The van der Waals surface area contributed by atoms with Gasteiger partial charge in [-0.05, 0) is 0 Å². The van der Waals surface area contributed by atoms with Crippen LogP contribution in [-0.2, 0) is 30.4 Å². The van der Waals surface area contributed by atoms with Crippen molar-refractivity contribution in [1.82, 2.24) is 0 Å². The van der Waals surface area contributed by atoms with Gasteiger partial charge in [0.15, 0.2) is 0 Å². The maximum absolute atomic E-state index is 7.50. The molecule has 0 saturated carbocycles. The van der Waals surface area contributed by atoms with Gasteiger partial charge in [0, 0.05) is 0 Å². The Kier molecular flexibility index (Phi) is 20.1. The minimum absolute atomic E-state index is 1.06. The first-order chi connectivity index (χ1) is 30.7. The summed E-state index contributed by atoms with van der Waals surface area (Å²) in [5, 5.41) is 0. The van der Waals surface area contributed by atoms with Crippen LogP contribution in [0.1, 0.15) is 6.42 Å². The Balaban J connectivity index is 0.000000217. The fourth-order valence-electron chi connectivity index (χ4n) is 8.66. The summed E-state index contributed by atoms with van der Waals surface area (Å²) >= 11 is 3.74. The smallest absolute Gasteiger partial charge is 0.108 e. The average molecular weight is 843 g/mol. The molecular weight excluding hydrogens is 798 g/mol. The molecule has 8 aromatic carbocycles. The molecule has 0 atom stereocenters. The number of rotatable bonds is 8. The van der Waals surface area contributed by atoms with Crippen LogP contribution in [0, 0.1) is 0 Å². The second-order valence-electron chi connectivity index (χ2n) is 14.2. The molecule has 1 aliphatic carbocycles. The van der Waals surface area contributed by atoms with Crippen molar-refractivity contribution in [3.8, 4) is 0 Å². The van der Waals surface area contributed by atoms with E-state index >= 15 is 0 Å². The third kappa shape index (κ3) is 11.4. The maximum Gasteiger partial charge on any atom is 0.108 e. The Morgan fingerprint density at radius 1 is 0.290 bits per heavy atom. The predicted molar refractivity (Wildman–Crippen MR) is 259 cm³/mol. The van der Waals surface area contributed by atoms with Crippen LogP contribution in [0.15, 0.2) is 265 Å². The van der Waals surface area contributed by atoms with Gasteiger partial charge in [-0.2, -0.15) is 43.7 Å². The van der Waals surface area contributed by atoms with Crippen molar-refractivity contribution in [2.45, 2.75) is 6.42 Å². The maximum atomic E-state index is 7.50. The van der Waals surface area contributed by atoms with Crippen molar-refractivity contribution in [2.24, 2.45) is 0 Å². The Morgan fingerprint density at radius 2 is 0.452 bits per heavy atom. The number of benzene rings is 8. The summed E-state index contributed by atoms with van der Waals surface area (Å²) in [5.41, 5.74) is 10.7. The van der Waals surface area contributed by atoms with Gasteiger partial charge in [0.2, 0.25) is 0 Å². The third-order valence-electron chi connectivity index (χ3n) is 11.1. The van der Waals surface area contributed by atoms with Crippen molar-refractivity contribution in [1.29, 1.82) is 0 Å². The Labute approximate surface area is 376 Å². The minimum atomic E-state index is -1.22. The molecular formula is C56H45B2FeO3. The molecule has 0 N–H and O–H groups in total. The van der Waals surface area contributed by atoms with Gasteiger partial charge in [-0.25, -0.2) is 0 Å². The summed E-state index contributed by atoms with van der Waals surface area (Å²) in [4.78, 5) is 22.5. The summed E-state index contributed by atoms with van der Waals surface area (Å²) in [6, 6.07) is 87.1. The van der Waals surface area contributed by atoms with Crippen molar-refractivity contribution in [3.63, 3.8) is 0 Å². The summed E-state index contributed by atoms with van der Waals surface area (Å²) in [6.45, 7) is 13.5. The Bertz CT molecular complexity index is 1980. The normalized spacial score (nSPS) is 11.0. The van der Waals surface area contributed by atoms with Gasteiger partial charge in [-0.15, -0.1) is 0 Å². The van der Waals surface area contributed by atoms with Crippen LogP contribution in [0.25, 0.3) is 0 Å². The molecule has 3 nitrogen and oxygen atoms in total. The standard InChI is InChI=1S/2C24H20B.C5H5.3CO.Fe/c2*1-5-13-21(14-6-1)25(22-15-7-2-8-16-22,23-17-9-3-10-18-23)24-19-11-4-12-20-24;1-2-4-5-3-1;3*1-2;/h2*1-20H;1-3H,4H2;;;;/q2*-1;;;;;+2. The van der Waals surface area contributed by atoms with Crippen molar-refractivity contribution < 1.29 is 30.4 Å². The molecule has 0 amide bonds. The molecule has 62 heavy (non-hydrogen) atoms. The Hall–Kier alpha value is -7.10. The number of hydrogen-bond acceptors (Lipinski definition) is 3. The van der Waals surface area contributed by atoms with Gasteiger partial charge in [-0.1, -0.05) is 243 Å². The molecule has 9 rings (SSSR count). The van der Waals surface area contributed by atoms with E-state index in [1.54, 1.807) is 0 Å². The van der Waals surface area contributed by atoms with E-state index in [-0.39, 0.29) is 0 Å². The van der Waals surface area contributed by atoms with Crippen LogP contribution >= 0.6 is 0 Å². The second kappa shape index (κ2) is 26.2. The zero-order chi connectivity index (χ0) is 44.3. The quantitative estimate of drug-likeness (QED) is 0.169. The van der Waals surface area contributed by atoms with Crippen LogP contribution in [0.2, 0.25) is 0 Å². The average Bonchev–Trinajstić information content (AvgIpc) is 3.88. The van der Waals surface area contributed by atoms with Crippen LogP contribution in [0.3, 0.4) is 0 Å². The molecule has 0 bridgehead atoms. The van der Waals surface area contributed by atoms with Crippen molar-refractivity contribution >= 4 is 76.4 Å². The summed E-state index contributed by atoms with van der Waals surface area (Å²) < 4.78 is 1.22. The molecule has 0 aromatic heterocycles. The van der Waals surface area contributed by atoms with Crippen molar-refractivity contribution in [2.75, 3.05) is 0 Å². The van der Waals surface area contributed by atoms with E-state index in [0.29, 0.717) is 0 Å². The van der Waals surface area contributed by atoms with E-state index in [1.165, 1.54) is 48.2 Å². The number of hydrogen-bond donors (Lipinski definition) is 0. The van der Waals surface area contributed by atoms with Crippen LogP contribution in [0.4, 0.5) is 0 Å². The molecule has 1 aliphatic rings. The van der Waals surface area contributed by atoms with Gasteiger partial charge in [0.25, 0.3) is 20.4 Å². The fourth-order valence-corrected chi connectivity index (χ4v) is 8.90. The molecule has 0 unspecified atom stereocenters. The van der Waals surface area contributed by atoms with Gasteiger partial charge in [-0.3, -0.25) is 14.4 Å². The molecule has 301 valence electrons. The van der Waals surface area contributed by atoms with E-state index in [0.717, 1.165) is 6.42 Å². The van der Waals surface area contributed by atoms with Crippen LogP contribution in [-0.4, -0.2) is 32.7 Å². The zero-order valence-electron chi connectivity index (χ0n) is 34.3. The first-order valence-electron chi connectivity index (χ1n) is 20.1. The molecule has 0 aliphatic heterocycles. The monoisotopic (exact) mass is 843 g/mol. The van der Waals surface area contributed by atoms with E-state index in [9.17, 15) is 0 Å². The van der Waals surface area contributed by atoms with E-state index in [4.69, 9.17) is 14.4 Å². The van der Waals surface area contributed by atoms with Crippen LogP contribution in [0.5, 0.6) is 0 Å². The van der Waals surface area contributed by atoms with E-state index in [1.807, 2.05) is 12.2 Å². The molecule has 0 saturated heterocycles. The van der Waals surface area contributed by atoms with E-state index < -0.39 is 12.3 Å². The van der Waals surface area contributed by atoms with Crippen molar-refractivity contribution in [3.05, 3.63) is 265 Å². The Morgan fingerprint density at radius 3 is 0.548 bits per heavy atom. The first-order valence-corrected chi connectivity index (χ1v) is 20.7. The number of carbonyl (C=O) groups excluding carboxylic acids is 3. The van der Waals surface area contributed by atoms with E-state index in [2.05, 4.69) is 285 Å². The van der Waals surface area contributed by atoms with Gasteiger partial charge < -0.3 is 0 Å². The third-order valence-corrected chi connectivity index (χ3v) is 11.5. The summed E-state index contributed by atoms with van der Waals surface area (Å²) in [7, 11) is 0. The molecule has 6 radical (unpaired) electrons. The topological polar surface area (TPSA) is 51.2 Å². The number of allylic oxidation sites excluding steroid dienone is 4. The molecule has 0 heterocycles. The SMILES string of the molecule is [C]=O.[C]=O.[C]=O.[Fe+2][C]1=CC=CC1.c1ccc([B-](c2ccccc2)(c2ccccc2)c2ccccc2)cc1.c1ccc([B-](c2ccccc2)(c2ccccc2)c2ccccc2)cc1. The second-order valence-corrected chi connectivity index (χ2v) is 15.0. The van der Waals surface area contributed by atoms with Gasteiger partial charge >= 0.3 is 45.1 Å². The molecule has 8 aromatic rings. The molecule has 0 spiro atoms. The largest absolute Gasteiger partial charge is 0.195 e. The minimum Gasteiger partial charge on any atom is -0.195 e. The zero-order valence-corrected chi connectivity index (χ0v) is 35.4. The molecule has 6 heteroatoms.